The third-order valence-corrected chi connectivity index (χ3v) is 6.99. The highest BCUT2D eigenvalue weighted by Crippen LogP contribution is 2.39. The molecular weight excluding hydrogens is 403 g/mol. The molecule has 0 saturated carbocycles. The van der Waals surface area contributed by atoms with E-state index in [1.165, 1.54) is 35.4 Å². The van der Waals surface area contributed by atoms with Gasteiger partial charge in [0.1, 0.15) is 16.5 Å². The van der Waals surface area contributed by atoms with Crippen molar-refractivity contribution >= 4 is 27.4 Å². The molecule has 5 rings (SSSR count). The van der Waals surface area contributed by atoms with E-state index in [1.807, 2.05) is 0 Å². The van der Waals surface area contributed by atoms with Crippen molar-refractivity contribution < 1.29 is 14.2 Å². The lowest BCUT2D eigenvalue weighted by Crippen LogP contribution is -2.36. The van der Waals surface area contributed by atoms with Crippen molar-refractivity contribution in [3.8, 4) is 5.75 Å². The van der Waals surface area contributed by atoms with E-state index in [-0.39, 0.29) is 5.75 Å². The van der Waals surface area contributed by atoms with Crippen LogP contribution in [0.3, 0.4) is 0 Å². The summed E-state index contributed by atoms with van der Waals surface area (Å²) in [6.07, 6.45) is 4.59. The molecule has 0 radical (unpaired) electrons. The van der Waals surface area contributed by atoms with Gasteiger partial charge in [-0.3, -0.25) is 4.90 Å². The van der Waals surface area contributed by atoms with Crippen LogP contribution in [-0.2, 0) is 30.7 Å². The molecule has 1 fully saturated rings. The number of aromatic hydroxyl groups is 1. The van der Waals surface area contributed by atoms with Crippen molar-refractivity contribution in [3.63, 3.8) is 0 Å². The number of benzene rings is 1. The number of nitrogens with one attached hydrogen (secondary N) is 1. The Hall–Kier alpha value is -2.29. The van der Waals surface area contributed by atoms with E-state index in [4.69, 9.17) is 14.7 Å². The van der Waals surface area contributed by atoms with Crippen molar-refractivity contribution in [1.82, 2.24) is 14.9 Å². The average Bonchev–Trinajstić information content (AvgIpc) is 3.13. The fraction of sp³-hybridized carbons (Fsp3) is 0.455. The summed E-state index contributed by atoms with van der Waals surface area (Å²) in [7, 11) is 0. The molecule has 0 bridgehead atoms. The molecule has 1 saturated heterocycles. The lowest BCUT2D eigenvalue weighted by Gasteiger charge is -2.25. The Balaban J connectivity index is 1.48. The Morgan fingerprint density at radius 1 is 1.17 bits per heavy atom. The maximum absolute atomic E-state index is 13.7. The molecule has 2 N–H and O–H groups in total. The summed E-state index contributed by atoms with van der Waals surface area (Å²) in [6, 6.07) is 4.47. The van der Waals surface area contributed by atoms with Crippen LogP contribution in [0.1, 0.15) is 34.7 Å². The lowest BCUT2D eigenvalue weighted by molar-refractivity contribution is 0.0331. The lowest BCUT2D eigenvalue weighted by atomic mass is 9.97. The molecule has 30 heavy (non-hydrogen) atoms. The summed E-state index contributed by atoms with van der Waals surface area (Å²) in [6.45, 7) is 4.39. The number of nitrogens with zero attached hydrogens (tertiary/aromatic N) is 3. The Bertz CT molecular complexity index is 1060. The van der Waals surface area contributed by atoms with Gasteiger partial charge in [0.25, 0.3) is 0 Å². The Kier molecular flexibility index (Phi) is 5.54. The molecule has 0 unspecified atom stereocenters. The van der Waals surface area contributed by atoms with E-state index < -0.39 is 5.82 Å². The minimum Gasteiger partial charge on any atom is -0.505 e. The minimum absolute atomic E-state index is 0.331. The monoisotopic (exact) mass is 428 g/mol. The van der Waals surface area contributed by atoms with Gasteiger partial charge in [0.15, 0.2) is 11.6 Å². The van der Waals surface area contributed by atoms with Crippen LogP contribution in [0.25, 0.3) is 10.2 Å². The molecule has 0 atom stereocenters. The molecule has 158 valence electrons. The molecule has 6 nitrogen and oxygen atoms in total. The zero-order valence-electron chi connectivity index (χ0n) is 16.8. The molecule has 0 amide bonds. The van der Waals surface area contributed by atoms with E-state index in [1.54, 1.807) is 17.4 Å². The number of thiophene rings is 1. The fourth-order valence-electron chi connectivity index (χ4n) is 4.21. The predicted molar refractivity (Wildman–Crippen MR) is 116 cm³/mol. The molecule has 0 spiro atoms. The molecule has 8 heteroatoms. The normalized spacial score (nSPS) is 17.2. The number of hydrogen-bond donors (Lipinski definition) is 2. The van der Waals surface area contributed by atoms with Crippen LogP contribution in [0, 0.1) is 5.82 Å². The standard InChI is InChI=1S/C22H25FN4O2S/c23-16-11-14(5-6-17(16)28)12-24-21-20-15-3-1-2-4-18(15)30-22(20)26-19(25-21)13-27-7-9-29-10-8-27/h5-6,11,28H,1-4,7-10,12-13H2,(H,24,25,26). The van der Waals surface area contributed by atoms with Crippen molar-refractivity contribution in [2.75, 3.05) is 31.6 Å². The number of ether oxygens (including phenoxy) is 1. The number of phenolic OH excluding ortho intramolecular Hbond substituents is 1. The number of aromatic nitrogens is 2. The van der Waals surface area contributed by atoms with Crippen LogP contribution >= 0.6 is 11.3 Å². The molecule has 1 aromatic carbocycles. The van der Waals surface area contributed by atoms with E-state index in [9.17, 15) is 9.50 Å². The summed E-state index contributed by atoms with van der Waals surface area (Å²) in [4.78, 5) is 14.6. The van der Waals surface area contributed by atoms with Gasteiger partial charge in [-0.2, -0.15) is 0 Å². The van der Waals surface area contributed by atoms with Gasteiger partial charge in [-0.1, -0.05) is 6.07 Å². The first-order valence-corrected chi connectivity index (χ1v) is 11.3. The van der Waals surface area contributed by atoms with E-state index in [0.717, 1.165) is 66.6 Å². The number of aryl methyl sites for hydroxylation is 2. The SMILES string of the molecule is Oc1ccc(CNc2nc(CN3CCOCC3)nc3sc4c(c23)CCCC4)cc1F. The summed E-state index contributed by atoms with van der Waals surface area (Å²) in [5.41, 5.74) is 2.13. The molecule has 3 heterocycles. The maximum Gasteiger partial charge on any atom is 0.165 e. The number of fused-ring (bicyclic) bond motifs is 3. The highest BCUT2D eigenvalue weighted by Gasteiger charge is 2.22. The first kappa shape index (κ1) is 19.7. The quantitative estimate of drug-likeness (QED) is 0.643. The molecule has 2 aliphatic rings. The topological polar surface area (TPSA) is 70.5 Å². The first-order valence-electron chi connectivity index (χ1n) is 10.5. The van der Waals surface area contributed by atoms with Crippen LogP contribution in [0.5, 0.6) is 5.75 Å². The molecule has 3 aromatic rings. The van der Waals surface area contributed by atoms with Gasteiger partial charge < -0.3 is 15.2 Å². The first-order chi connectivity index (χ1) is 14.7. The van der Waals surface area contributed by atoms with Crippen LogP contribution < -0.4 is 5.32 Å². The van der Waals surface area contributed by atoms with E-state index >= 15 is 0 Å². The Morgan fingerprint density at radius 2 is 2.00 bits per heavy atom. The maximum atomic E-state index is 13.7. The summed E-state index contributed by atoms with van der Waals surface area (Å²) >= 11 is 1.79. The molecule has 2 aromatic heterocycles. The largest absolute Gasteiger partial charge is 0.505 e. The Labute approximate surface area is 178 Å². The van der Waals surface area contributed by atoms with Gasteiger partial charge in [-0.05, 0) is 48.9 Å². The second-order valence-corrected chi connectivity index (χ2v) is 8.99. The van der Waals surface area contributed by atoms with Gasteiger partial charge >= 0.3 is 0 Å². The third kappa shape index (κ3) is 3.99. The number of morpholine rings is 1. The van der Waals surface area contributed by atoms with Gasteiger partial charge in [-0.25, -0.2) is 14.4 Å². The van der Waals surface area contributed by atoms with Crippen molar-refractivity contribution in [1.29, 1.82) is 0 Å². The second-order valence-electron chi connectivity index (χ2n) is 7.91. The smallest absolute Gasteiger partial charge is 0.165 e. The van der Waals surface area contributed by atoms with Crippen LogP contribution in [0.15, 0.2) is 18.2 Å². The Morgan fingerprint density at radius 3 is 2.83 bits per heavy atom. The number of anilines is 1. The van der Waals surface area contributed by atoms with Crippen molar-refractivity contribution in [3.05, 3.63) is 45.8 Å². The van der Waals surface area contributed by atoms with Gasteiger partial charge in [0.05, 0.1) is 25.1 Å². The summed E-state index contributed by atoms with van der Waals surface area (Å²) in [5, 5.41) is 14.0. The summed E-state index contributed by atoms with van der Waals surface area (Å²) < 4.78 is 19.2. The number of halogens is 1. The summed E-state index contributed by atoms with van der Waals surface area (Å²) in [5.74, 6) is 0.699. The predicted octanol–water partition coefficient (Wildman–Crippen LogP) is 3.86. The average molecular weight is 429 g/mol. The fourth-order valence-corrected chi connectivity index (χ4v) is 5.49. The van der Waals surface area contributed by atoms with E-state index in [0.29, 0.717) is 13.1 Å². The van der Waals surface area contributed by atoms with Crippen LogP contribution in [0.2, 0.25) is 0 Å². The minimum atomic E-state index is -0.608. The second kappa shape index (κ2) is 8.45. The highest BCUT2D eigenvalue weighted by atomic mass is 32.1. The number of phenols is 1. The van der Waals surface area contributed by atoms with Gasteiger partial charge in [-0.15, -0.1) is 11.3 Å². The number of hydrogen-bond acceptors (Lipinski definition) is 7. The van der Waals surface area contributed by atoms with Gasteiger partial charge in [0.2, 0.25) is 0 Å². The van der Waals surface area contributed by atoms with Crippen molar-refractivity contribution in [2.45, 2.75) is 38.8 Å². The molecule has 1 aliphatic heterocycles. The zero-order chi connectivity index (χ0) is 20.5. The zero-order valence-corrected chi connectivity index (χ0v) is 17.6. The molecule has 1 aliphatic carbocycles. The van der Waals surface area contributed by atoms with Gasteiger partial charge in [0, 0.05) is 24.5 Å². The highest BCUT2D eigenvalue weighted by molar-refractivity contribution is 7.19. The third-order valence-electron chi connectivity index (χ3n) is 5.80. The van der Waals surface area contributed by atoms with Crippen molar-refractivity contribution in [2.24, 2.45) is 0 Å². The molecular formula is C22H25FN4O2S. The van der Waals surface area contributed by atoms with E-state index in [2.05, 4.69) is 10.2 Å². The van der Waals surface area contributed by atoms with Crippen LogP contribution in [-0.4, -0.2) is 46.3 Å². The van der Waals surface area contributed by atoms with Crippen LogP contribution in [0.4, 0.5) is 10.2 Å². The number of rotatable bonds is 5.